The van der Waals surface area contributed by atoms with Gasteiger partial charge in [0.25, 0.3) is 0 Å². The van der Waals surface area contributed by atoms with Crippen molar-refractivity contribution in [2.45, 2.75) is 20.8 Å². The van der Waals surface area contributed by atoms with E-state index in [1.807, 2.05) is 13.0 Å². The van der Waals surface area contributed by atoms with Crippen LogP contribution >= 0.6 is 44.1 Å². The molecule has 0 aliphatic rings. The number of hydrogen-bond donors (Lipinski definition) is 2. The van der Waals surface area contributed by atoms with Crippen LogP contribution < -0.4 is 10.6 Å². The number of hydrogen-bond acceptors (Lipinski definition) is 2. The maximum atomic E-state index is 5.20. The van der Waals surface area contributed by atoms with E-state index in [4.69, 9.17) is 12.2 Å². The SMILES string of the molecule is Cc1nc(NC(=S)NCC(C)C)c(Br)cc1Br. The summed E-state index contributed by atoms with van der Waals surface area (Å²) in [6.45, 7) is 7.05. The second-order valence-electron chi connectivity index (χ2n) is 4.11. The molecule has 1 aromatic heterocycles. The third-order valence-electron chi connectivity index (χ3n) is 2.01. The highest BCUT2D eigenvalue weighted by Crippen LogP contribution is 2.26. The molecule has 0 atom stereocenters. The first-order chi connectivity index (χ1) is 7.90. The lowest BCUT2D eigenvalue weighted by atomic mass is 10.2. The summed E-state index contributed by atoms with van der Waals surface area (Å²) in [5, 5.41) is 6.81. The Balaban J connectivity index is 2.68. The minimum absolute atomic E-state index is 0.554. The zero-order valence-corrected chi connectivity index (χ0v) is 14.0. The standard InChI is InChI=1S/C11H15Br2N3S/c1-6(2)5-14-11(17)16-10-9(13)4-8(12)7(3)15-10/h4,6H,5H2,1-3H3,(H2,14,15,16,17). The monoisotopic (exact) mass is 379 g/mol. The quantitative estimate of drug-likeness (QED) is 0.780. The number of aryl methyl sites for hydroxylation is 1. The first-order valence-corrected chi connectivity index (χ1v) is 7.27. The third kappa shape index (κ3) is 4.89. The molecule has 0 aromatic carbocycles. The van der Waals surface area contributed by atoms with Crippen LogP contribution in [-0.4, -0.2) is 16.6 Å². The van der Waals surface area contributed by atoms with Crippen LogP contribution in [0.2, 0.25) is 0 Å². The van der Waals surface area contributed by atoms with Crippen LogP contribution in [0.4, 0.5) is 5.82 Å². The van der Waals surface area contributed by atoms with Gasteiger partial charge in [-0.3, -0.25) is 0 Å². The zero-order valence-electron chi connectivity index (χ0n) is 9.97. The van der Waals surface area contributed by atoms with E-state index in [1.165, 1.54) is 0 Å². The predicted octanol–water partition coefficient (Wildman–Crippen LogP) is 3.86. The molecular formula is C11H15Br2N3S. The molecule has 17 heavy (non-hydrogen) atoms. The first-order valence-electron chi connectivity index (χ1n) is 5.27. The van der Waals surface area contributed by atoms with Crippen LogP contribution in [-0.2, 0) is 0 Å². The molecule has 3 nitrogen and oxygen atoms in total. The zero-order chi connectivity index (χ0) is 13.0. The van der Waals surface area contributed by atoms with Gasteiger partial charge in [0.15, 0.2) is 5.11 Å². The molecule has 1 heterocycles. The van der Waals surface area contributed by atoms with Gasteiger partial charge in [-0.15, -0.1) is 0 Å². The second kappa shape index (κ2) is 6.66. The lowest BCUT2D eigenvalue weighted by Gasteiger charge is -2.13. The fourth-order valence-electron chi connectivity index (χ4n) is 1.09. The molecule has 0 amide bonds. The average molecular weight is 381 g/mol. The van der Waals surface area contributed by atoms with Gasteiger partial charge >= 0.3 is 0 Å². The van der Waals surface area contributed by atoms with E-state index in [0.29, 0.717) is 11.0 Å². The number of halogens is 2. The summed E-state index contributed by atoms with van der Waals surface area (Å²) in [7, 11) is 0. The number of pyridine rings is 1. The molecular weight excluding hydrogens is 366 g/mol. The van der Waals surface area contributed by atoms with E-state index in [2.05, 4.69) is 61.3 Å². The van der Waals surface area contributed by atoms with Crippen LogP contribution in [0.5, 0.6) is 0 Å². The van der Waals surface area contributed by atoms with Crippen molar-refractivity contribution in [3.63, 3.8) is 0 Å². The van der Waals surface area contributed by atoms with Gasteiger partial charge < -0.3 is 10.6 Å². The van der Waals surface area contributed by atoms with E-state index in [0.717, 1.165) is 27.0 Å². The lowest BCUT2D eigenvalue weighted by molar-refractivity contribution is 0.627. The molecule has 0 aliphatic carbocycles. The highest BCUT2D eigenvalue weighted by Gasteiger charge is 2.07. The molecule has 0 saturated heterocycles. The van der Waals surface area contributed by atoms with E-state index in [-0.39, 0.29) is 0 Å². The Morgan fingerprint density at radius 3 is 2.65 bits per heavy atom. The summed E-state index contributed by atoms with van der Waals surface area (Å²) < 4.78 is 1.85. The number of nitrogens with zero attached hydrogens (tertiary/aromatic N) is 1. The Bertz CT molecular complexity index is 421. The summed E-state index contributed by atoms with van der Waals surface area (Å²) in [4.78, 5) is 4.41. The maximum Gasteiger partial charge on any atom is 0.171 e. The molecule has 6 heteroatoms. The van der Waals surface area contributed by atoms with Crippen molar-refractivity contribution < 1.29 is 0 Å². The Labute approximate surface area is 124 Å². The van der Waals surface area contributed by atoms with Crippen molar-refractivity contribution in [2.75, 3.05) is 11.9 Å². The number of rotatable bonds is 3. The summed E-state index contributed by atoms with van der Waals surface area (Å²) in [6.07, 6.45) is 0. The maximum absolute atomic E-state index is 5.20. The molecule has 0 fully saturated rings. The third-order valence-corrected chi connectivity index (χ3v) is 3.66. The van der Waals surface area contributed by atoms with Crippen molar-refractivity contribution in [3.8, 4) is 0 Å². The van der Waals surface area contributed by atoms with Gasteiger partial charge in [-0.25, -0.2) is 4.98 Å². The smallest absolute Gasteiger partial charge is 0.171 e. The van der Waals surface area contributed by atoms with E-state index >= 15 is 0 Å². The summed E-state index contributed by atoms with van der Waals surface area (Å²) in [5.74, 6) is 1.28. The lowest BCUT2D eigenvalue weighted by Crippen LogP contribution is -2.31. The molecule has 2 N–H and O–H groups in total. The molecule has 0 saturated carbocycles. The molecule has 1 rings (SSSR count). The topological polar surface area (TPSA) is 37.0 Å². The predicted molar refractivity (Wildman–Crippen MR) is 83.4 cm³/mol. The average Bonchev–Trinajstić information content (AvgIpc) is 2.23. The molecule has 94 valence electrons. The summed E-state index contributed by atoms with van der Waals surface area (Å²) >= 11 is 12.1. The minimum atomic E-state index is 0.554. The number of thiocarbonyl (C=S) groups is 1. The van der Waals surface area contributed by atoms with E-state index in [1.54, 1.807) is 0 Å². The van der Waals surface area contributed by atoms with Crippen molar-refractivity contribution in [2.24, 2.45) is 5.92 Å². The van der Waals surface area contributed by atoms with Gasteiger partial charge in [-0.2, -0.15) is 0 Å². The van der Waals surface area contributed by atoms with Crippen LogP contribution in [0.1, 0.15) is 19.5 Å². The van der Waals surface area contributed by atoms with Crippen LogP contribution in [0, 0.1) is 12.8 Å². The van der Waals surface area contributed by atoms with E-state index in [9.17, 15) is 0 Å². The second-order valence-corrected chi connectivity index (χ2v) is 6.23. The number of aromatic nitrogens is 1. The van der Waals surface area contributed by atoms with Gasteiger partial charge in [0.1, 0.15) is 5.82 Å². The number of nitrogens with one attached hydrogen (secondary N) is 2. The molecule has 0 unspecified atom stereocenters. The first kappa shape index (κ1) is 14.9. The molecule has 0 bridgehead atoms. The van der Waals surface area contributed by atoms with Crippen LogP contribution in [0.25, 0.3) is 0 Å². The highest BCUT2D eigenvalue weighted by atomic mass is 79.9. The molecule has 0 aliphatic heterocycles. The van der Waals surface area contributed by atoms with Crippen LogP contribution in [0.3, 0.4) is 0 Å². The Morgan fingerprint density at radius 1 is 1.41 bits per heavy atom. The van der Waals surface area contributed by atoms with E-state index < -0.39 is 0 Å². The van der Waals surface area contributed by atoms with Crippen LogP contribution in [0.15, 0.2) is 15.0 Å². The van der Waals surface area contributed by atoms with Crippen molar-refractivity contribution in [1.82, 2.24) is 10.3 Å². The van der Waals surface area contributed by atoms with Gasteiger partial charge in [0.2, 0.25) is 0 Å². The van der Waals surface area contributed by atoms with Crippen molar-refractivity contribution >= 4 is 55.0 Å². The van der Waals surface area contributed by atoms with Gasteiger partial charge in [-0.05, 0) is 63.0 Å². The van der Waals surface area contributed by atoms with Gasteiger partial charge in [0, 0.05) is 11.0 Å². The fraction of sp³-hybridized carbons (Fsp3) is 0.455. The van der Waals surface area contributed by atoms with Gasteiger partial charge in [-0.1, -0.05) is 13.8 Å². The Morgan fingerprint density at radius 2 is 2.06 bits per heavy atom. The fourth-order valence-corrected chi connectivity index (χ4v) is 2.32. The Hall–Kier alpha value is -0.200. The summed E-state index contributed by atoms with van der Waals surface area (Å²) in [5.41, 5.74) is 0.919. The summed E-state index contributed by atoms with van der Waals surface area (Å²) in [6, 6.07) is 1.95. The van der Waals surface area contributed by atoms with Gasteiger partial charge in [0.05, 0.1) is 10.2 Å². The largest absolute Gasteiger partial charge is 0.362 e. The molecule has 1 aromatic rings. The Kier molecular flexibility index (Phi) is 5.82. The van der Waals surface area contributed by atoms with Crippen molar-refractivity contribution in [1.29, 1.82) is 0 Å². The number of anilines is 1. The normalized spacial score (nSPS) is 10.5. The van der Waals surface area contributed by atoms with Crippen molar-refractivity contribution in [3.05, 3.63) is 20.7 Å². The molecule has 0 spiro atoms. The minimum Gasteiger partial charge on any atom is -0.362 e. The molecule has 0 radical (unpaired) electrons. The highest BCUT2D eigenvalue weighted by molar-refractivity contribution is 9.11.